The summed E-state index contributed by atoms with van der Waals surface area (Å²) >= 11 is 16.9. The molecule has 1 N–H and O–H groups in total. The molecule has 6 nitrogen and oxygen atoms in total. The van der Waals surface area contributed by atoms with Crippen LogP contribution < -0.4 is 5.32 Å². The number of esters is 1. The van der Waals surface area contributed by atoms with E-state index >= 15 is 0 Å². The Bertz CT molecular complexity index is 497. The van der Waals surface area contributed by atoms with Crippen molar-refractivity contribution in [3.05, 3.63) is 11.1 Å². The first-order valence-electron chi connectivity index (χ1n) is 4.22. The molecule has 1 rings (SSSR count). The molecule has 0 bridgehead atoms. The van der Waals surface area contributed by atoms with Crippen molar-refractivity contribution in [2.75, 3.05) is 12.4 Å². The minimum absolute atomic E-state index is 0.0265. The van der Waals surface area contributed by atoms with E-state index in [1.807, 2.05) is 0 Å². The molecule has 0 atom stereocenters. The van der Waals surface area contributed by atoms with E-state index in [1.54, 1.807) is 0 Å². The highest BCUT2D eigenvalue weighted by atomic mass is 35.6. The Balaban J connectivity index is 2.79. The van der Waals surface area contributed by atoms with Crippen molar-refractivity contribution in [3.8, 4) is 0 Å². The number of methoxy groups -OCH3 is 1. The molecule has 1 aromatic rings. The van der Waals surface area contributed by atoms with Gasteiger partial charge in [0, 0.05) is 5.38 Å². The van der Waals surface area contributed by atoms with E-state index in [1.165, 1.54) is 5.38 Å². The second-order valence-corrected chi connectivity index (χ2v) is 5.95. The molecule has 0 radical (unpaired) electrons. The fourth-order valence-corrected chi connectivity index (χ4v) is 1.63. The summed E-state index contributed by atoms with van der Waals surface area (Å²) in [7, 11) is 1.07. The van der Waals surface area contributed by atoms with E-state index in [0.29, 0.717) is 0 Å². The van der Waals surface area contributed by atoms with Gasteiger partial charge in [-0.25, -0.2) is 9.78 Å². The summed E-state index contributed by atoms with van der Waals surface area (Å²) in [5, 5.41) is 3.48. The number of rotatable bonds is 3. The lowest BCUT2D eigenvalue weighted by atomic mass is 10.3. The van der Waals surface area contributed by atoms with Crippen molar-refractivity contribution in [3.63, 3.8) is 0 Å². The van der Waals surface area contributed by atoms with Gasteiger partial charge in [0.25, 0.3) is 15.5 Å². The first-order valence-corrected chi connectivity index (χ1v) is 6.23. The average molecular weight is 332 g/mol. The van der Waals surface area contributed by atoms with Gasteiger partial charge in [-0.15, -0.1) is 11.3 Å². The second-order valence-electron chi connectivity index (χ2n) is 2.81. The van der Waals surface area contributed by atoms with Gasteiger partial charge < -0.3 is 4.74 Å². The van der Waals surface area contributed by atoms with Crippen LogP contribution in [0.25, 0.3) is 0 Å². The minimum Gasteiger partial charge on any atom is -0.463 e. The Morgan fingerprint density at radius 2 is 2.00 bits per heavy atom. The predicted octanol–water partition coefficient (Wildman–Crippen LogP) is 1.81. The number of carbonyl (C=O) groups is 3. The number of Topliss-reactive ketones (excluding diaryl/α,β-unsaturated/α-hetero) is 1. The molecule has 1 amide bonds. The fraction of sp³-hybridized carbons (Fsp3) is 0.250. The molecular formula is C8H5Cl3N2O4S. The monoisotopic (exact) mass is 330 g/mol. The maximum atomic E-state index is 11.4. The van der Waals surface area contributed by atoms with E-state index in [0.717, 1.165) is 18.4 Å². The summed E-state index contributed by atoms with van der Waals surface area (Å²) in [5.74, 6) is -2.90. The van der Waals surface area contributed by atoms with Crippen LogP contribution in [-0.2, 0) is 14.3 Å². The van der Waals surface area contributed by atoms with Gasteiger partial charge >= 0.3 is 5.97 Å². The molecule has 0 aromatic carbocycles. The summed E-state index contributed by atoms with van der Waals surface area (Å²) < 4.78 is 2.10. The third kappa shape index (κ3) is 3.81. The average Bonchev–Trinajstić information content (AvgIpc) is 2.74. The number of aromatic nitrogens is 1. The molecule has 0 unspecified atom stereocenters. The first-order chi connectivity index (χ1) is 8.25. The third-order valence-corrected chi connectivity index (χ3v) is 2.86. The summed E-state index contributed by atoms with van der Waals surface area (Å²) in [6, 6.07) is 0. The van der Waals surface area contributed by atoms with Crippen molar-refractivity contribution in [2.45, 2.75) is 3.79 Å². The van der Waals surface area contributed by atoms with Crippen LogP contribution in [0.15, 0.2) is 5.38 Å². The van der Waals surface area contributed by atoms with Crippen molar-refractivity contribution in [2.24, 2.45) is 0 Å². The van der Waals surface area contributed by atoms with Gasteiger partial charge in [0.05, 0.1) is 7.11 Å². The van der Waals surface area contributed by atoms with E-state index in [-0.39, 0.29) is 10.8 Å². The van der Waals surface area contributed by atoms with Gasteiger partial charge in [0.2, 0.25) is 0 Å². The van der Waals surface area contributed by atoms with Crippen LogP contribution in [0.1, 0.15) is 10.5 Å². The molecule has 10 heteroatoms. The van der Waals surface area contributed by atoms with Gasteiger partial charge in [-0.1, -0.05) is 34.8 Å². The molecule has 0 aliphatic rings. The van der Waals surface area contributed by atoms with Crippen LogP contribution in [0, 0.1) is 0 Å². The number of hydrogen-bond acceptors (Lipinski definition) is 6. The van der Waals surface area contributed by atoms with Crippen LogP contribution in [-0.4, -0.2) is 33.5 Å². The summed E-state index contributed by atoms with van der Waals surface area (Å²) in [5.41, 5.74) is -0.161. The molecule has 18 heavy (non-hydrogen) atoms. The zero-order chi connectivity index (χ0) is 13.9. The summed E-state index contributed by atoms with van der Waals surface area (Å²) in [4.78, 5) is 37.3. The van der Waals surface area contributed by atoms with Crippen LogP contribution in [0.5, 0.6) is 0 Å². The van der Waals surface area contributed by atoms with E-state index < -0.39 is 21.5 Å². The first kappa shape index (κ1) is 15.2. The number of ether oxygens (including phenoxy) is 1. The van der Waals surface area contributed by atoms with Crippen LogP contribution >= 0.6 is 46.1 Å². The maximum Gasteiger partial charge on any atom is 0.381 e. The highest BCUT2D eigenvalue weighted by Gasteiger charge is 2.31. The Hall–Kier alpha value is -0.890. The number of alkyl halides is 3. The van der Waals surface area contributed by atoms with Crippen LogP contribution in [0.2, 0.25) is 0 Å². The van der Waals surface area contributed by atoms with Crippen molar-refractivity contribution >= 4 is 68.9 Å². The number of nitrogens with one attached hydrogen (secondary N) is 1. The third-order valence-electron chi connectivity index (χ3n) is 1.59. The van der Waals surface area contributed by atoms with Crippen molar-refractivity contribution < 1.29 is 19.1 Å². The van der Waals surface area contributed by atoms with E-state index in [9.17, 15) is 14.4 Å². The highest BCUT2D eigenvalue weighted by molar-refractivity contribution is 7.14. The van der Waals surface area contributed by atoms with Gasteiger partial charge in [-0.05, 0) is 0 Å². The highest BCUT2D eigenvalue weighted by Crippen LogP contribution is 2.28. The molecule has 1 heterocycles. The number of carbonyl (C=O) groups excluding carboxylic acids is 3. The van der Waals surface area contributed by atoms with Gasteiger partial charge in [-0.3, -0.25) is 14.9 Å². The molecule has 0 spiro atoms. The van der Waals surface area contributed by atoms with E-state index in [4.69, 9.17) is 34.8 Å². The largest absolute Gasteiger partial charge is 0.463 e. The fourth-order valence-electron chi connectivity index (χ4n) is 0.801. The Morgan fingerprint density at radius 3 is 2.50 bits per heavy atom. The van der Waals surface area contributed by atoms with E-state index in [2.05, 4.69) is 15.0 Å². The number of hydrogen-bond donors (Lipinski definition) is 1. The molecule has 0 aliphatic heterocycles. The Kier molecular flexibility index (Phi) is 4.92. The van der Waals surface area contributed by atoms with Crippen molar-refractivity contribution in [1.82, 2.24) is 4.98 Å². The SMILES string of the molecule is COC(=O)C(=O)c1csc(NC(=O)C(Cl)(Cl)Cl)n1. The molecule has 0 saturated carbocycles. The lowest BCUT2D eigenvalue weighted by Gasteiger charge is -2.08. The maximum absolute atomic E-state index is 11.4. The molecular weight excluding hydrogens is 327 g/mol. The molecule has 1 aromatic heterocycles. The lowest BCUT2D eigenvalue weighted by Crippen LogP contribution is -2.27. The summed E-state index contributed by atoms with van der Waals surface area (Å²) in [6.07, 6.45) is 0. The standard InChI is InChI=1S/C8H5Cl3N2O4S/c1-17-5(15)4(14)3-2-18-7(12-3)13-6(16)8(9,10)11/h2H,1H3,(H,12,13,16). The normalized spacial score (nSPS) is 10.9. The smallest absolute Gasteiger partial charge is 0.381 e. The molecule has 0 saturated heterocycles. The van der Waals surface area contributed by atoms with Crippen LogP contribution in [0.3, 0.4) is 0 Å². The van der Waals surface area contributed by atoms with Gasteiger partial charge in [0.15, 0.2) is 5.13 Å². The van der Waals surface area contributed by atoms with Crippen molar-refractivity contribution in [1.29, 1.82) is 0 Å². The lowest BCUT2D eigenvalue weighted by molar-refractivity contribution is -0.135. The van der Waals surface area contributed by atoms with Crippen LogP contribution in [0.4, 0.5) is 5.13 Å². The number of halogens is 3. The zero-order valence-corrected chi connectivity index (χ0v) is 11.8. The number of amides is 1. The van der Waals surface area contributed by atoms with Gasteiger partial charge in [0.1, 0.15) is 5.69 Å². The number of anilines is 1. The molecule has 98 valence electrons. The Labute approximate surface area is 120 Å². The number of ketones is 1. The number of nitrogens with zero attached hydrogens (tertiary/aromatic N) is 1. The topological polar surface area (TPSA) is 85.4 Å². The molecule has 0 fully saturated rings. The summed E-state index contributed by atoms with van der Waals surface area (Å²) in [6.45, 7) is 0. The van der Waals surface area contributed by atoms with Gasteiger partial charge in [-0.2, -0.15) is 0 Å². The zero-order valence-electron chi connectivity index (χ0n) is 8.70. The second kappa shape index (κ2) is 5.83. The number of thiazole rings is 1. The predicted molar refractivity (Wildman–Crippen MR) is 67.4 cm³/mol. The Morgan fingerprint density at radius 1 is 1.39 bits per heavy atom. The minimum atomic E-state index is -2.14. The molecule has 0 aliphatic carbocycles. The quantitative estimate of drug-likeness (QED) is 0.395.